The van der Waals surface area contributed by atoms with Gasteiger partial charge in [-0.1, -0.05) is 39.3 Å². The molecule has 0 spiro atoms. The summed E-state index contributed by atoms with van der Waals surface area (Å²) < 4.78 is 2.15. The number of hydrogen-bond donors (Lipinski definition) is 1. The van der Waals surface area contributed by atoms with Gasteiger partial charge in [-0.25, -0.2) is 0 Å². The second-order valence-corrected chi connectivity index (χ2v) is 7.38. The van der Waals surface area contributed by atoms with Crippen molar-refractivity contribution >= 4 is 23.4 Å². The van der Waals surface area contributed by atoms with Crippen molar-refractivity contribution < 1.29 is 0 Å². The number of nitrogens with zero attached hydrogens (tertiary/aromatic N) is 2. The minimum Gasteiger partial charge on any atom is -0.322 e. The number of aromatic nitrogens is 2. The van der Waals surface area contributed by atoms with Crippen molar-refractivity contribution in [1.29, 1.82) is 0 Å². The largest absolute Gasteiger partial charge is 0.322 e. The number of rotatable bonds is 5. The number of halogens is 1. The summed E-state index contributed by atoms with van der Waals surface area (Å²) in [5, 5.41) is 4.95. The molecule has 0 saturated carbocycles. The smallest absolute Gasteiger partial charge is 0.0834 e. The Morgan fingerprint density at radius 2 is 2.18 bits per heavy atom. The summed E-state index contributed by atoms with van der Waals surface area (Å²) in [5.74, 6) is 0.860. The molecule has 1 rings (SSSR count). The lowest BCUT2D eigenvalue weighted by Gasteiger charge is -2.21. The molecule has 1 unspecified atom stereocenters. The van der Waals surface area contributed by atoms with E-state index in [1.807, 2.05) is 16.4 Å². The molecule has 0 aliphatic carbocycles. The Bertz CT molecular complexity index is 357. The second-order valence-electron chi connectivity index (χ2n) is 5.13. The van der Waals surface area contributed by atoms with Crippen molar-refractivity contribution in [3.63, 3.8) is 0 Å². The molecule has 1 heterocycles. The van der Waals surface area contributed by atoms with Gasteiger partial charge in [-0.15, -0.1) is 0 Å². The minimum atomic E-state index is -0.0548. The summed E-state index contributed by atoms with van der Waals surface area (Å²) in [5.41, 5.74) is 7.18. The molecular formula is C12H22ClN3S. The predicted octanol–water partition coefficient (Wildman–Crippen LogP) is 3.48. The van der Waals surface area contributed by atoms with Crippen LogP contribution in [0.2, 0.25) is 5.02 Å². The lowest BCUT2D eigenvalue weighted by Crippen LogP contribution is -2.21. The SMILES string of the molecule is CCCn1ncc(Cl)c1C(N)CSC(C)(C)C. The lowest BCUT2D eigenvalue weighted by atomic mass is 10.2. The van der Waals surface area contributed by atoms with Crippen molar-refractivity contribution in [3.8, 4) is 0 Å². The van der Waals surface area contributed by atoms with Crippen LogP contribution in [0.4, 0.5) is 0 Å². The van der Waals surface area contributed by atoms with Gasteiger partial charge in [-0.3, -0.25) is 4.68 Å². The highest BCUT2D eigenvalue weighted by Crippen LogP contribution is 2.30. The van der Waals surface area contributed by atoms with Gasteiger partial charge in [0.2, 0.25) is 0 Å². The van der Waals surface area contributed by atoms with Gasteiger partial charge in [0.25, 0.3) is 0 Å². The normalized spacial score (nSPS) is 14.0. The minimum absolute atomic E-state index is 0.0548. The third-order valence-corrected chi connectivity index (χ3v) is 4.00. The maximum absolute atomic E-state index is 6.21. The van der Waals surface area contributed by atoms with Gasteiger partial charge in [-0.05, 0) is 6.42 Å². The third-order valence-electron chi connectivity index (χ3n) is 2.32. The molecule has 1 aromatic heterocycles. The van der Waals surface area contributed by atoms with E-state index >= 15 is 0 Å². The van der Waals surface area contributed by atoms with Gasteiger partial charge in [-0.2, -0.15) is 16.9 Å². The maximum Gasteiger partial charge on any atom is 0.0834 e. The van der Waals surface area contributed by atoms with Crippen molar-refractivity contribution in [2.75, 3.05) is 5.75 Å². The first-order chi connectivity index (χ1) is 7.85. The van der Waals surface area contributed by atoms with Crippen molar-refractivity contribution in [2.24, 2.45) is 5.73 Å². The molecule has 3 nitrogen and oxygen atoms in total. The molecular weight excluding hydrogens is 254 g/mol. The summed E-state index contributed by atoms with van der Waals surface area (Å²) >= 11 is 8.00. The highest BCUT2D eigenvalue weighted by molar-refractivity contribution is 8.00. The molecule has 1 aromatic rings. The van der Waals surface area contributed by atoms with E-state index in [9.17, 15) is 0 Å². The fourth-order valence-corrected chi connectivity index (χ4v) is 2.67. The van der Waals surface area contributed by atoms with E-state index in [1.165, 1.54) is 0 Å². The van der Waals surface area contributed by atoms with Crippen LogP contribution in [0.15, 0.2) is 6.20 Å². The first-order valence-electron chi connectivity index (χ1n) is 5.96. The molecule has 5 heteroatoms. The number of hydrogen-bond acceptors (Lipinski definition) is 3. The average molecular weight is 276 g/mol. The van der Waals surface area contributed by atoms with Crippen LogP contribution in [0.1, 0.15) is 45.9 Å². The zero-order valence-corrected chi connectivity index (χ0v) is 12.6. The molecule has 0 fully saturated rings. The lowest BCUT2D eigenvalue weighted by molar-refractivity contribution is 0.553. The Kier molecular flexibility index (Phi) is 5.35. The van der Waals surface area contributed by atoms with Crippen LogP contribution in [0, 0.1) is 0 Å². The molecule has 0 saturated heterocycles. The Balaban J connectivity index is 2.73. The topological polar surface area (TPSA) is 43.8 Å². The van der Waals surface area contributed by atoms with E-state index in [1.54, 1.807) is 6.20 Å². The summed E-state index contributed by atoms with van der Waals surface area (Å²) in [7, 11) is 0. The van der Waals surface area contributed by atoms with Gasteiger partial charge in [0.1, 0.15) is 0 Å². The van der Waals surface area contributed by atoms with E-state index in [0.717, 1.165) is 24.4 Å². The maximum atomic E-state index is 6.21. The Labute approximate surface area is 113 Å². The summed E-state index contributed by atoms with van der Waals surface area (Å²) in [6.07, 6.45) is 2.72. The van der Waals surface area contributed by atoms with Gasteiger partial charge >= 0.3 is 0 Å². The van der Waals surface area contributed by atoms with Crippen LogP contribution in [0.25, 0.3) is 0 Å². The van der Waals surface area contributed by atoms with Gasteiger partial charge in [0.05, 0.1) is 23.0 Å². The summed E-state index contributed by atoms with van der Waals surface area (Å²) in [6, 6.07) is -0.0548. The van der Waals surface area contributed by atoms with Gasteiger partial charge in [0, 0.05) is 17.0 Å². The van der Waals surface area contributed by atoms with Gasteiger partial charge < -0.3 is 5.73 Å². The Morgan fingerprint density at radius 1 is 1.53 bits per heavy atom. The molecule has 0 aliphatic rings. The first-order valence-corrected chi connectivity index (χ1v) is 7.32. The standard InChI is InChI=1S/C12H22ClN3S/c1-5-6-16-11(9(13)7-15-16)10(14)8-17-12(2,3)4/h7,10H,5-6,8,14H2,1-4H3. The van der Waals surface area contributed by atoms with Crippen molar-refractivity contribution in [1.82, 2.24) is 9.78 Å². The monoisotopic (exact) mass is 275 g/mol. The highest BCUT2D eigenvalue weighted by Gasteiger charge is 2.19. The van der Waals surface area contributed by atoms with E-state index in [0.29, 0.717) is 5.02 Å². The van der Waals surface area contributed by atoms with Crippen molar-refractivity contribution in [3.05, 3.63) is 16.9 Å². The zero-order chi connectivity index (χ0) is 13.1. The number of nitrogens with two attached hydrogens (primary N) is 1. The molecule has 0 aliphatic heterocycles. The molecule has 2 N–H and O–H groups in total. The molecule has 98 valence electrons. The van der Waals surface area contributed by atoms with Crippen LogP contribution in [0.3, 0.4) is 0 Å². The first kappa shape index (κ1) is 14.9. The molecule has 0 bridgehead atoms. The Morgan fingerprint density at radius 3 is 2.71 bits per heavy atom. The molecule has 17 heavy (non-hydrogen) atoms. The molecule has 0 aromatic carbocycles. The molecule has 1 atom stereocenters. The summed E-state index contributed by atoms with van der Waals surface area (Å²) in [6.45, 7) is 9.56. The number of thioether (sulfide) groups is 1. The molecule has 0 radical (unpaired) electrons. The van der Waals surface area contributed by atoms with Crippen LogP contribution in [-0.2, 0) is 6.54 Å². The fraction of sp³-hybridized carbons (Fsp3) is 0.750. The van der Waals surface area contributed by atoms with Crippen LogP contribution in [-0.4, -0.2) is 20.3 Å². The Hall–Kier alpha value is -0.190. The van der Waals surface area contributed by atoms with E-state index in [4.69, 9.17) is 17.3 Å². The predicted molar refractivity (Wildman–Crippen MR) is 76.7 cm³/mol. The molecule has 0 amide bonds. The average Bonchev–Trinajstić information content (AvgIpc) is 2.56. The van der Waals surface area contributed by atoms with Crippen LogP contribution < -0.4 is 5.73 Å². The van der Waals surface area contributed by atoms with Crippen LogP contribution in [0.5, 0.6) is 0 Å². The zero-order valence-electron chi connectivity index (χ0n) is 11.0. The van der Waals surface area contributed by atoms with Gasteiger partial charge in [0.15, 0.2) is 0 Å². The number of aryl methyl sites for hydroxylation is 1. The fourth-order valence-electron chi connectivity index (χ4n) is 1.55. The van der Waals surface area contributed by atoms with E-state index < -0.39 is 0 Å². The van der Waals surface area contributed by atoms with E-state index in [-0.39, 0.29) is 10.8 Å². The highest BCUT2D eigenvalue weighted by atomic mass is 35.5. The van der Waals surface area contributed by atoms with Crippen molar-refractivity contribution in [2.45, 2.75) is 51.4 Å². The van der Waals surface area contributed by atoms with E-state index in [2.05, 4.69) is 32.8 Å². The van der Waals surface area contributed by atoms with Crippen LogP contribution >= 0.6 is 23.4 Å². The third kappa shape index (κ3) is 4.53. The second kappa shape index (κ2) is 6.12. The summed E-state index contributed by atoms with van der Waals surface area (Å²) in [4.78, 5) is 0. The quantitative estimate of drug-likeness (QED) is 0.895.